The molecule has 4 heteroatoms. The first-order valence-electron chi connectivity index (χ1n) is 6.37. The van der Waals surface area contributed by atoms with Crippen LogP contribution in [0.15, 0.2) is 42.5 Å². The fourth-order valence-electron chi connectivity index (χ4n) is 2.73. The van der Waals surface area contributed by atoms with Crippen molar-refractivity contribution >= 4 is 28.9 Å². The molecule has 1 aliphatic carbocycles. The molecule has 0 aromatic heterocycles. The number of nitriles is 1. The zero-order valence-electron chi connectivity index (χ0n) is 10.7. The molecule has 3 rings (SSSR count). The summed E-state index contributed by atoms with van der Waals surface area (Å²) >= 11 is 12.0. The van der Waals surface area contributed by atoms with E-state index in [1.165, 1.54) is 0 Å². The van der Waals surface area contributed by atoms with Crippen molar-refractivity contribution in [1.29, 1.82) is 5.26 Å². The average Bonchev–Trinajstić information content (AvgIpc) is 2.77. The number of hydrogen-bond donors (Lipinski definition) is 1. The van der Waals surface area contributed by atoms with Crippen LogP contribution in [0.2, 0.25) is 10.0 Å². The summed E-state index contributed by atoms with van der Waals surface area (Å²) in [5, 5.41) is 14.4. The van der Waals surface area contributed by atoms with Crippen molar-refractivity contribution < 1.29 is 0 Å². The fraction of sp³-hybridized carbons (Fsp3) is 0.188. The van der Waals surface area contributed by atoms with Crippen molar-refractivity contribution in [1.82, 2.24) is 0 Å². The van der Waals surface area contributed by atoms with E-state index in [1.54, 1.807) is 0 Å². The van der Waals surface area contributed by atoms with Crippen LogP contribution in [-0.4, -0.2) is 0 Å². The van der Waals surface area contributed by atoms with Gasteiger partial charge in [-0.15, -0.1) is 0 Å². The summed E-state index contributed by atoms with van der Waals surface area (Å²) in [6.07, 6.45) is 1.57. The Bertz CT molecular complexity index is 706. The minimum Gasteiger partial charge on any atom is -0.364 e. The van der Waals surface area contributed by atoms with Crippen LogP contribution in [0.4, 0.5) is 5.69 Å². The van der Waals surface area contributed by atoms with Crippen LogP contribution in [0.5, 0.6) is 0 Å². The van der Waals surface area contributed by atoms with Gasteiger partial charge in [-0.05, 0) is 54.3 Å². The van der Waals surface area contributed by atoms with Crippen molar-refractivity contribution in [3.63, 3.8) is 0 Å². The molecule has 0 aliphatic heterocycles. The number of nitrogens with zero attached hydrogens (tertiary/aromatic N) is 1. The number of halogens is 2. The normalized spacial score (nSPS) is 20.2. The number of rotatable bonds is 2. The Labute approximate surface area is 127 Å². The second-order valence-corrected chi connectivity index (χ2v) is 5.83. The van der Waals surface area contributed by atoms with E-state index in [1.807, 2.05) is 42.5 Å². The summed E-state index contributed by atoms with van der Waals surface area (Å²) in [7, 11) is 0. The van der Waals surface area contributed by atoms with Gasteiger partial charge < -0.3 is 5.32 Å². The zero-order chi connectivity index (χ0) is 14.2. The summed E-state index contributed by atoms with van der Waals surface area (Å²) in [4.78, 5) is 0. The molecule has 1 unspecified atom stereocenters. The maximum Gasteiger partial charge on any atom is 0.151 e. The van der Waals surface area contributed by atoms with Crippen molar-refractivity contribution in [2.24, 2.45) is 0 Å². The molecule has 0 saturated heterocycles. The predicted molar refractivity (Wildman–Crippen MR) is 82.1 cm³/mol. The van der Waals surface area contributed by atoms with Crippen LogP contribution < -0.4 is 5.32 Å². The molecule has 20 heavy (non-hydrogen) atoms. The number of benzene rings is 2. The smallest absolute Gasteiger partial charge is 0.151 e. The lowest BCUT2D eigenvalue weighted by Gasteiger charge is -2.25. The standard InChI is InChI=1S/C16H12Cl2N2/c17-12-2-1-3-14(9-12)20-16(10-19)7-6-11-8-13(18)4-5-15(11)16/h1-5,8-9,20H,6-7H2. The zero-order valence-corrected chi connectivity index (χ0v) is 12.2. The Morgan fingerprint density at radius 2 is 1.90 bits per heavy atom. The minimum atomic E-state index is -0.704. The van der Waals surface area contributed by atoms with Crippen molar-refractivity contribution in [2.75, 3.05) is 5.32 Å². The van der Waals surface area contributed by atoms with E-state index >= 15 is 0 Å². The number of aryl methyl sites for hydroxylation is 1. The summed E-state index contributed by atoms with van der Waals surface area (Å²) in [6.45, 7) is 0. The maximum absolute atomic E-state index is 9.68. The van der Waals surface area contributed by atoms with E-state index in [4.69, 9.17) is 23.2 Å². The van der Waals surface area contributed by atoms with Crippen molar-refractivity contribution in [2.45, 2.75) is 18.4 Å². The van der Waals surface area contributed by atoms with Gasteiger partial charge in [0.15, 0.2) is 5.54 Å². The van der Waals surface area contributed by atoms with E-state index in [9.17, 15) is 5.26 Å². The molecule has 0 bridgehead atoms. The van der Waals surface area contributed by atoms with Gasteiger partial charge in [0.2, 0.25) is 0 Å². The highest BCUT2D eigenvalue weighted by molar-refractivity contribution is 6.31. The van der Waals surface area contributed by atoms with E-state index in [2.05, 4.69) is 11.4 Å². The molecule has 100 valence electrons. The van der Waals surface area contributed by atoms with Crippen LogP contribution in [0.1, 0.15) is 17.5 Å². The van der Waals surface area contributed by atoms with Gasteiger partial charge >= 0.3 is 0 Å². The van der Waals surface area contributed by atoms with E-state index < -0.39 is 5.54 Å². The molecule has 1 aliphatic rings. The first-order chi connectivity index (χ1) is 9.63. The Kier molecular flexibility index (Phi) is 3.33. The lowest BCUT2D eigenvalue weighted by Crippen LogP contribution is -2.31. The monoisotopic (exact) mass is 302 g/mol. The summed E-state index contributed by atoms with van der Waals surface area (Å²) < 4.78 is 0. The maximum atomic E-state index is 9.68. The van der Waals surface area contributed by atoms with Crippen LogP contribution in [-0.2, 0) is 12.0 Å². The first-order valence-corrected chi connectivity index (χ1v) is 7.12. The predicted octanol–water partition coefficient (Wildman–Crippen LogP) is 4.77. The molecule has 0 radical (unpaired) electrons. The second-order valence-electron chi connectivity index (χ2n) is 4.95. The molecule has 2 aromatic rings. The number of nitrogens with one attached hydrogen (secondary N) is 1. The third-order valence-corrected chi connectivity index (χ3v) is 4.14. The molecule has 2 nitrogen and oxygen atoms in total. The molecule has 0 amide bonds. The molecule has 2 aromatic carbocycles. The van der Waals surface area contributed by atoms with Gasteiger partial charge in [0.1, 0.15) is 0 Å². The van der Waals surface area contributed by atoms with Gasteiger partial charge in [-0.1, -0.05) is 35.3 Å². The molecule has 0 heterocycles. The minimum absolute atomic E-state index is 0.650. The van der Waals surface area contributed by atoms with Gasteiger partial charge in [-0.2, -0.15) is 5.26 Å². The molecule has 0 spiro atoms. The van der Waals surface area contributed by atoms with E-state index in [-0.39, 0.29) is 0 Å². The summed E-state index contributed by atoms with van der Waals surface area (Å²) in [5.41, 5.74) is 2.28. The van der Waals surface area contributed by atoms with E-state index in [0.717, 1.165) is 29.7 Å². The van der Waals surface area contributed by atoms with Crippen LogP contribution >= 0.6 is 23.2 Å². The third kappa shape index (κ3) is 2.24. The van der Waals surface area contributed by atoms with Crippen LogP contribution in [0.25, 0.3) is 0 Å². The Balaban J connectivity index is 2.01. The van der Waals surface area contributed by atoms with Gasteiger partial charge in [0.25, 0.3) is 0 Å². The molecule has 0 saturated carbocycles. The summed E-state index contributed by atoms with van der Waals surface area (Å²) in [5.74, 6) is 0. The summed E-state index contributed by atoms with van der Waals surface area (Å²) in [6, 6.07) is 15.6. The van der Waals surface area contributed by atoms with Crippen LogP contribution in [0.3, 0.4) is 0 Å². The van der Waals surface area contributed by atoms with Crippen molar-refractivity contribution in [3.05, 3.63) is 63.6 Å². The average molecular weight is 303 g/mol. The first kappa shape index (κ1) is 13.3. The molecule has 1 N–H and O–H groups in total. The lowest BCUT2D eigenvalue weighted by atomic mass is 9.93. The van der Waals surface area contributed by atoms with Gasteiger partial charge in [0.05, 0.1) is 6.07 Å². The van der Waals surface area contributed by atoms with Crippen molar-refractivity contribution in [3.8, 4) is 6.07 Å². The quantitative estimate of drug-likeness (QED) is 0.867. The SMILES string of the molecule is N#CC1(Nc2cccc(Cl)c2)CCc2cc(Cl)ccc21. The lowest BCUT2D eigenvalue weighted by molar-refractivity contribution is 0.621. The Morgan fingerprint density at radius 3 is 2.65 bits per heavy atom. The highest BCUT2D eigenvalue weighted by atomic mass is 35.5. The highest BCUT2D eigenvalue weighted by Gasteiger charge is 2.39. The van der Waals surface area contributed by atoms with Gasteiger partial charge in [-0.3, -0.25) is 0 Å². The molecule has 1 atom stereocenters. The van der Waals surface area contributed by atoms with E-state index in [0.29, 0.717) is 10.0 Å². The highest BCUT2D eigenvalue weighted by Crippen LogP contribution is 2.40. The molecule has 0 fully saturated rings. The Morgan fingerprint density at radius 1 is 1.10 bits per heavy atom. The third-order valence-electron chi connectivity index (χ3n) is 3.67. The second kappa shape index (κ2) is 5.01. The van der Waals surface area contributed by atoms with Crippen LogP contribution in [0, 0.1) is 11.3 Å². The topological polar surface area (TPSA) is 35.8 Å². The number of anilines is 1. The number of hydrogen-bond acceptors (Lipinski definition) is 2. The Hall–Kier alpha value is -1.69. The molecular weight excluding hydrogens is 291 g/mol. The fourth-order valence-corrected chi connectivity index (χ4v) is 3.11. The largest absolute Gasteiger partial charge is 0.364 e. The molecular formula is C16H12Cl2N2. The van der Waals surface area contributed by atoms with Gasteiger partial charge in [-0.25, -0.2) is 0 Å². The van der Waals surface area contributed by atoms with Gasteiger partial charge in [0, 0.05) is 15.7 Å². The number of fused-ring (bicyclic) bond motifs is 1.